The zero-order valence-electron chi connectivity index (χ0n) is 45.7. The highest BCUT2D eigenvalue weighted by Gasteiger charge is 2.25. The molecular weight excluding hydrogens is 863 g/mol. The molecule has 0 aromatic rings. The molecule has 0 rings (SSSR count). The summed E-state index contributed by atoms with van der Waals surface area (Å²) in [7, 11) is 5.96. The summed E-state index contributed by atoms with van der Waals surface area (Å²) in [5, 5.41) is 9.68. The number of likely N-dealkylation sites (N-methyl/N-ethyl adjacent to an activating group) is 1. The van der Waals surface area contributed by atoms with Gasteiger partial charge >= 0.3 is 17.9 Å². The first-order valence-electron chi connectivity index (χ1n) is 28.8. The van der Waals surface area contributed by atoms with Gasteiger partial charge < -0.3 is 28.5 Å². The molecule has 402 valence electrons. The van der Waals surface area contributed by atoms with Crippen LogP contribution in [0.3, 0.4) is 0 Å². The van der Waals surface area contributed by atoms with E-state index in [1.807, 2.05) is 21.1 Å². The zero-order chi connectivity index (χ0) is 50.6. The number of rotatable bonds is 53. The molecule has 0 heterocycles. The van der Waals surface area contributed by atoms with Crippen molar-refractivity contribution >= 4 is 17.9 Å². The molecule has 9 nitrogen and oxygen atoms in total. The van der Waals surface area contributed by atoms with Crippen LogP contribution < -0.4 is 0 Å². The summed E-state index contributed by atoms with van der Waals surface area (Å²) >= 11 is 0. The largest absolute Gasteiger partial charge is 0.477 e. The number of carboxylic acid groups (broad SMARTS) is 1. The fourth-order valence-electron chi connectivity index (χ4n) is 8.08. The maximum absolute atomic E-state index is 12.9. The van der Waals surface area contributed by atoms with Gasteiger partial charge in [-0.3, -0.25) is 9.59 Å². The van der Waals surface area contributed by atoms with Gasteiger partial charge in [-0.15, -0.1) is 0 Å². The predicted octanol–water partition coefficient (Wildman–Crippen LogP) is 16.7. The number of hydrogen-bond acceptors (Lipinski definition) is 7. The normalized spacial score (nSPS) is 13.1. The first-order chi connectivity index (χ1) is 33.6. The smallest absolute Gasteiger partial charge is 0.361 e. The Labute approximate surface area is 425 Å². The summed E-state index contributed by atoms with van der Waals surface area (Å²) in [6, 6.07) is 0. The minimum atomic E-state index is -1.51. The Hall–Kier alpha value is -2.75. The van der Waals surface area contributed by atoms with Crippen molar-refractivity contribution in [1.29, 1.82) is 0 Å². The van der Waals surface area contributed by atoms with Gasteiger partial charge in [0.05, 0.1) is 34.4 Å². The third kappa shape index (κ3) is 52.9. The molecule has 0 radical (unpaired) electrons. The number of esters is 2. The number of nitrogens with zero attached hydrogens (tertiary/aromatic N) is 1. The van der Waals surface area contributed by atoms with E-state index >= 15 is 0 Å². The van der Waals surface area contributed by atoms with Crippen LogP contribution in [-0.4, -0.2) is 87.4 Å². The van der Waals surface area contributed by atoms with Crippen molar-refractivity contribution in [3.8, 4) is 0 Å². The molecule has 0 aliphatic heterocycles. The van der Waals surface area contributed by atoms with E-state index in [-0.39, 0.29) is 38.6 Å². The van der Waals surface area contributed by atoms with E-state index in [9.17, 15) is 19.5 Å². The fraction of sp³-hybridized carbons (Fsp3) is 0.817. The lowest BCUT2D eigenvalue weighted by Crippen LogP contribution is -2.40. The molecule has 2 unspecified atom stereocenters. The van der Waals surface area contributed by atoms with Crippen LogP contribution in [0.15, 0.2) is 48.6 Å². The van der Waals surface area contributed by atoms with Crippen LogP contribution in [0, 0.1) is 0 Å². The molecule has 0 amide bonds. The summed E-state index contributed by atoms with van der Waals surface area (Å²) in [5.74, 6) is -2.02. The first kappa shape index (κ1) is 66.2. The summed E-state index contributed by atoms with van der Waals surface area (Å²) in [6.07, 6.45) is 60.6. The molecule has 0 aromatic carbocycles. The number of unbranched alkanes of at least 4 members (excludes halogenated alkanes) is 30. The summed E-state index contributed by atoms with van der Waals surface area (Å²) < 4.78 is 22.8. The second kappa shape index (κ2) is 51.6. The minimum absolute atomic E-state index is 0.186. The van der Waals surface area contributed by atoms with Crippen molar-refractivity contribution in [2.75, 3.05) is 47.5 Å². The molecule has 0 aromatic heterocycles. The standard InChI is InChI=1S/C60H109NO8/c1-6-8-10-12-14-16-18-20-21-22-23-24-25-26-27-28-29-30-31-32-33-34-35-36-37-39-41-43-45-47-49-51-58(63)69-56(55-68-60(59(64)65)66-53-52-61(3,4)5)54-67-57(62)50-48-46-44-42-40-38-19-17-15-13-11-9-7-2/h11,13,17-20,22-23,56,60H,6-10,12,14-16,21,24-55H2,1-5H3/p+1/b13-11-,19-17-,20-18-,23-22-. The molecule has 9 heteroatoms. The first-order valence-corrected chi connectivity index (χ1v) is 28.8. The van der Waals surface area contributed by atoms with E-state index in [4.69, 9.17) is 18.9 Å². The number of carbonyl (C=O) groups excluding carboxylic acids is 2. The van der Waals surface area contributed by atoms with Crippen LogP contribution in [0.4, 0.5) is 0 Å². The van der Waals surface area contributed by atoms with E-state index in [1.165, 1.54) is 154 Å². The zero-order valence-corrected chi connectivity index (χ0v) is 45.7. The van der Waals surface area contributed by atoms with E-state index < -0.39 is 24.3 Å². The number of carbonyl (C=O) groups is 3. The quantitative estimate of drug-likeness (QED) is 0.0211. The Morgan fingerprint density at radius 1 is 0.435 bits per heavy atom. The van der Waals surface area contributed by atoms with Gasteiger partial charge in [0, 0.05) is 12.8 Å². The van der Waals surface area contributed by atoms with Crippen LogP contribution in [-0.2, 0) is 33.3 Å². The molecular formula is C60H110NO8+. The number of allylic oxidation sites excluding steroid dienone is 8. The van der Waals surface area contributed by atoms with Gasteiger partial charge in [0.25, 0.3) is 6.29 Å². The van der Waals surface area contributed by atoms with Gasteiger partial charge in [-0.25, -0.2) is 4.79 Å². The molecule has 0 saturated carbocycles. The molecule has 0 spiro atoms. The second-order valence-electron chi connectivity index (χ2n) is 20.6. The summed E-state index contributed by atoms with van der Waals surface area (Å²) in [6.45, 7) is 4.80. The van der Waals surface area contributed by atoms with Gasteiger partial charge in [0.15, 0.2) is 6.10 Å². The van der Waals surface area contributed by atoms with Crippen LogP contribution in [0.1, 0.15) is 258 Å². The van der Waals surface area contributed by atoms with Crippen LogP contribution >= 0.6 is 0 Å². The Kier molecular flexibility index (Phi) is 49.5. The van der Waals surface area contributed by atoms with Crippen molar-refractivity contribution in [2.45, 2.75) is 270 Å². The van der Waals surface area contributed by atoms with Crippen molar-refractivity contribution in [3.05, 3.63) is 48.6 Å². The summed E-state index contributed by atoms with van der Waals surface area (Å²) in [5.41, 5.74) is 0. The van der Waals surface area contributed by atoms with Gasteiger partial charge in [-0.2, -0.15) is 0 Å². The molecule has 2 atom stereocenters. The SMILES string of the molecule is CCC/C=C\C/C=C\CCCCCCCC(=O)OCC(COC(OCC[N+](C)(C)C)C(=O)O)OC(=O)CCCCCCCCCCCCCCCCCCCCC/C=C\C/C=C\CCCCCCC. The fourth-order valence-corrected chi connectivity index (χ4v) is 8.08. The highest BCUT2D eigenvalue weighted by Crippen LogP contribution is 2.17. The topological polar surface area (TPSA) is 108 Å². The van der Waals surface area contributed by atoms with Crippen molar-refractivity contribution in [1.82, 2.24) is 0 Å². The summed E-state index contributed by atoms with van der Waals surface area (Å²) in [4.78, 5) is 37.3. The number of aliphatic carboxylic acids is 1. The maximum Gasteiger partial charge on any atom is 0.361 e. The molecule has 69 heavy (non-hydrogen) atoms. The Bertz CT molecular complexity index is 1270. The van der Waals surface area contributed by atoms with Gasteiger partial charge in [0.1, 0.15) is 13.2 Å². The molecule has 0 aliphatic carbocycles. The average molecular weight is 974 g/mol. The molecule has 0 fully saturated rings. The molecule has 0 saturated heterocycles. The number of carboxylic acids is 1. The Balaban J connectivity index is 4.10. The van der Waals surface area contributed by atoms with Crippen LogP contribution in [0.25, 0.3) is 0 Å². The van der Waals surface area contributed by atoms with E-state index in [0.717, 1.165) is 77.0 Å². The van der Waals surface area contributed by atoms with Crippen molar-refractivity contribution < 1.29 is 42.9 Å². The van der Waals surface area contributed by atoms with Crippen LogP contribution in [0.2, 0.25) is 0 Å². The van der Waals surface area contributed by atoms with E-state index in [2.05, 4.69) is 62.5 Å². The second-order valence-corrected chi connectivity index (χ2v) is 20.6. The number of quaternary nitrogens is 1. The van der Waals surface area contributed by atoms with Gasteiger partial charge in [0.2, 0.25) is 0 Å². The van der Waals surface area contributed by atoms with Gasteiger partial charge in [-0.1, -0.05) is 223 Å². The van der Waals surface area contributed by atoms with Gasteiger partial charge in [-0.05, 0) is 70.6 Å². The van der Waals surface area contributed by atoms with E-state index in [0.29, 0.717) is 11.0 Å². The maximum atomic E-state index is 12.9. The van der Waals surface area contributed by atoms with Crippen molar-refractivity contribution in [2.24, 2.45) is 0 Å². The highest BCUT2D eigenvalue weighted by atomic mass is 16.7. The molecule has 0 aliphatic rings. The van der Waals surface area contributed by atoms with Crippen LogP contribution in [0.5, 0.6) is 0 Å². The lowest BCUT2D eigenvalue weighted by atomic mass is 10.0. The highest BCUT2D eigenvalue weighted by molar-refractivity contribution is 5.71. The third-order valence-electron chi connectivity index (χ3n) is 12.5. The van der Waals surface area contributed by atoms with E-state index in [1.54, 1.807) is 0 Å². The monoisotopic (exact) mass is 973 g/mol. The lowest BCUT2D eigenvalue weighted by Gasteiger charge is -2.25. The Morgan fingerprint density at radius 2 is 0.812 bits per heavy atom. The minimum Gasteiger partial charge on any atom is -0.477 e. The predicted molar refractivity (Wildman–Crippen MR) is 290 cm³/mol. The molecule has 1 N–H and O–H groups in total. The Morgan fingerprint density at radius 3 is 1.20 bits per heavy atom. The molecule has 0 bridgehead atoms. The lowest BCUT2D eigenvalue weighted by molar-refractivity contribution is -0.870. The average Bonchev–Trinajstić information content (AvgIpc) is 3.31. The third-order valence-corrected chi connectivity index (χ3v) is 12.5. The number of ether oxygens (including phenoxy) is 4. The number of hydrogen-bond donors (Lipinski definition) is 1. The van der Waals surface area contributed by atoms with Crippen molar-refractivity contribution in [3.63, 3.8) is 0 Å².